The highest BCUT2D eigenvalue weighted by molar-refractivity contribution is 5.78. The number of carbonyl (C=O) groups excluding carboxylic acids is 1. The molecular weight excluding hydrogens is 216 g/mol. The molecule has 100 valence electrons. The molecule has 0 aromatic rings. The number of amides is 1. The fourth-order valence-electron chi connectivity index (χ4n) is 2.36. The molecule has 0 radical (unpaired) electrons. The van der Waals surface area contributed by atoms with Crippen LogP contribution in [0.3, 0.4) is 0 Å². The maximum Gasteiger partial charge on any atom is 0.236 e. The van der Waals surface area contributed by atoms with E-state index in [0.29, 0.717) is 6.54 Å². The van der Waals surface area contributed by atoms with Crippen LogP contribution in [0, 0.1) is 5.41 Å². The summed E-state index contributed by atoms with van der Waals surface area (Å²) in [6, 6.07) is 0.239. The molecule has 1 saturated carbocycles. The van der Waals surface area contributed by atoms with Crippen LogP contribution < -0.4 is 5.32 Å². The topological polar surface area (TPSA) is 52.6 Å². The van der Waals surface area contributed by atoms with Gasteiger partial charge in [0.25, 0.3) is 0 Å². The summed E-state index contributed by atoms with van der Waals surface area (Å²) >= 11 is 0. The van der Waals surface area contributed by atoms with Gasteiger partial charge in [0, 0.05) is 31.7 Å². The van der Waals surface area contributed by atoms with E-state index in [1.807, 2.05) is 20.9 Å². The number of nitrogens with zero attached hydrogens (tertiary/aromatic N) is 1. The third-order valence-electron chi connectivity index (χ3n) is 3.94. The zero-order chi connectivity index (χ0) is 12.9. The van der Waals surface area contributed by atoms with Crippen molar-refractivity contribution in [2.45, 2.75) is 45.6 Å². The van der Waals surface area contributed by atoms with Crippen LogP contribution in [-0.2, 0) is 4.79 Å². The molecule has 1 rings (SSSR count). The van der Waals surface area contributed by atoms with Crippen LogP contribution in [0.25, 0.3) is 0 Å². The Morgan fingerprint density at radius 2 is 2.00 bits per heavy atom. The van der Waals surface area contributed by atoms with E-state index < -0.39 is 0 Å². The lowest BCUT2D eigenvalue weighted by Crippen LogP contribution is -2.43. The van der Waals surface area contributed by atoms with Gasteiger partial charge in [-0.15, -0.1) is 0 Å². The first-order valence-electron chi connectivity index (χ1n) is 6.58. The van der Waals surface area contributed by atoms with Gasteiger partial charge in [0.1, 0.15) is 0 Å². The van der Waals surface area contributed by atoms with Crippen LogP contribution in [0.2, 0.25) is 0 Å². The van der Waals surface area contributed by atoms with Gasteiger partial charge >= 0.3 is 0 Å². The van der Waals surface area contributed by atoms with Gasteiger partial charge in [0.2, 0.25) is 5.91 Å². The number of hydrogen-bond donors (Lipinski definition) is 2. The molecule has 2 N–H and O–H groups in total. The summed E-state index contributed by atoms with van der Waals surface area (Å²) in [5.41, 5.74) is 0.0245. The largest absolute Gasteiger partial charge is 0.396 e. The Bertz CT molecular complexity index is 248. The Morgan fingerprint density at radius 1 is 1.41 bits per heavy atom. The van der Waals surface area contributed by atoms with E-state index in [1.54, 1.807) is 4.90 Å². The maximum absolute atomic E-state index is 11.8. The van der Waals surface area contributed by atoms with E-state index >= 15 is 0 Å². The Hall–Kier alpha value is -0.610. The molecule has 1 aliphatic carbocycles. The van der Waals surface area contributed by atoms with Gasteiger partial charge < -0.3 is 15.3 Å². The molecule has 4 heteroatoms. The van der Waals surface area contributed by atoms with Gasteiger partial charge in [-0.2, -0.15) is 0 Å². The van der Waals surface area contributed by atoms with Crippen molar-refractivity contribution in [2.24, 2.45) is 5.41 Å². The minimum Gasteiger partial charge on any atom is -0.396 e. The smallest absolute Gasteiger partial charge is 0.236 e. The fourth-order valence-corrected chi connectivity index (χ4v) is 2.36. The minimum absolute atomic E-state index is 0.0245. The molecule has 0 unspecified atom stereocenters. The number of aliphatic hydroxyl groups excluding tert-OH is 1. The van der Waals surface area contributed by atoms with Crippen molar-refractivity contribution in [1.29, 1.82) is 0 Å². The van der Waals surface area contributed by atoms with Gasteiger partial charge in [-0.25, -0.2) is 0 Å². The Balaban J connectivity index is 2.29. The minimum atomic E-state index is 0.0245. The lowest BCUT2D eigenvalue weighted by Gasteiger charge is -2.27. The Morgan fingerprint density at radius 3 is 2.47 bits per heavy atom. The lowest BCUT2D eigenvalue weighted by atomic mass is 9.87. The van der Waals surface area contributed by atoms with Gasteiger partial charge in [-0.1, -0.05) is 12.8 Å². The van der Waals surface area contributed by atoms with Crippen molar-refractivity contribution in [1.82, 2.24) is 10.2 Å². The van der Waals surface area contributed by atoms with Crippen molar-refractivity contribution in [3.05, 3.63) is 0 Å². The lowest BCUT2D eigenvalue weighted by molar-refractivity contribution is -0.130. The molecule has 1 amide bonds. The summed E-state index contributed by atoms with van der Waals surface area (Å²) in [4.78, 5) is 13.5. The van der Waals surface area contributed by atoms with Crippen LogP contribution in [-0.4, -0.2) is 48.7 Å². The molecule has 1 aliphatic rings. The highest BCUT2D eigenvalue weighted by Crippen LogP contribution is 2.36. The second-order valence-corrected chi connectivity index (χ2v) is 5.57. The predicted molar refractivity (Wildman–Crippen MR) is 68.8 cm³/mol. The number of likely N-dealkylation sites (N-methyl/N-ethyl adjacent to an activating group) is 1. The first-order valence-corrected chi connectivity index (χ1v) is 6.58. The van der Waals surface area contributed by atoms with E-state index in [1.165, 1.54) is 12.8 Å². The summed E-state index contributed by atoms with van der Waals surface area (Å²) < 4.78 is 0. The van der Waals surface area contributed by atoms with Crippen LogP contribution in [0.15, 0.2) is 0 Å². The van der Waals surface area contributed by atoms with E-state index in [4.69, 9.17) is 0 Å². The SMILES string of the molecule is CC(C)N(C)C(=O)CNCC1(CO)CCCC1. The third-order valence-corrected chi connectivity index (χ3v) is 3.94. The molecule has 0 aromatic carbocycles. The van der Waals surface area contributed by atoms with E-state index in [0.717, 1.165) is 19.4 Å². The van der Waals surface area contributed by atoms with E-state index in [9.17, 15) is 9.90 Å². The molecule has 0 aromatic heterocycles. The number of carbonyl (C=O) groups is 1. The second kappa shape index (κ2) is 6.36. The number of aliphatic hydroxyl groups is 1. The van der Waals surface area contributed by atoms with Crippen molar-refractivity contribution in [3.63, 3.8) is 0 Å². The quantitative estimate of drug-likeness (QED) is 0.730. The second-order valence-electron chi connectivity index (χ2n) is 5.57. The van der Waals surface area contributed by atoms with Crippen LogP contribution in [0.1, 0.15) is 39.5 Å². The van der Waals surface area contributed by atoms with Crippen molar-refractivity contribution >= 4 is 5.91 Å². The predicted octanol–water partition coefficient (Wildman–Crippen LogP) is 0.995. The van der Waals surface area contributed by atoms with Gasteiger partial charge in [0.15, 0.2) is 0 Å². The van der Waals surface area contributed by atoms with Gasteiger partial charge in [-0.05, 0) is 26.7 Å². The normalized spacial score (nSPS) is 18.6. The van der Waals surface area contributed by atoms with E-state index in [2.05, 4.69) is 5.32 Å². The van der Waals surface area contributed by atoms with Crippen molar-refractivity contribution in [3.8, 4) is 0 Å². The molecule has 0 bridgehead atoms. The van der Waals surface area contributed by atoms with Crippen molar-refractivity contribution < 1.29 is 9.90 Å². The third kappa shape index (κ3) is 3.96. The van der Waals surface area contributed by atoms with E-state index in [-0.39, 0.29) is 24.0 Å². The average Bonchev–Trinajstić information content (AvgIpc) is 2.77. The first-order chi connectivity index (χ1) is 8.01. The zero-order valence-corrected chi connectivity index (χ0v) is 11.3. The zero-order valence-electron chi connectivity index (χ0n) is 11.3. The molecule has 4 nitrogen and oxygen atoms in total. The monoisotopic (exact) mass is 242 g/mol. The highest BCUT2D eigenvalue weighted by Gasteiger charge is 2.32. The summed E-state index contributed by atoms with van der Waals surface area (Å²) in [5, 5.41) is 12.6. The molecule has 1 fully saturated rings. The molecule has 0 atom stereocenters. The van der Waals surface area contributed by atoms with Gasteiger partial charge in [0.05, 0.1) is 6.54 Å². The molecule has 0 saturated heterocycles. The van der Waals surface area contributed by atoms with Crippen molar-refractivity contribution in [2.75, 3.05) is 26.7 Å². The van der Waals surface area contributed by atoms with Gasteiger partial charge in [-0.3, -0.25) is 4.79 Å². The van der Waals surface area contributed by atoms with Crippen LogP contribution in [0.4, 0.5) is 0 Å². The Labute approximate surface area is 104 Å². The number of nitrogens with one attached hydrogen (secondary N) is 1. The highest BCUT2D eigenvalue weighted by atomic mass is 16.3. The summed E-state index contributed by atoms with van der Waals surface area (Å²) in [6.07, 6.45) is 4.54. The molecule has 0 aliphatic heterocycles. The number of rotatable bonds is 6. The molecule has 0 spiro atoms. The Kier molecular flexibility index (Phi) is 5.40. The summed E-state index contributed by atoms with van der Waals surface area (Å²) in [5.74, 6) is 0.117. The fraction of sp³-hybridized carbons (Fsp3) is 0.923. The standard InChI is InChI=1S/C13H26N2O2/c1-11(2)15(3)12(17)8-14-9-13(10-16)6-4-5-7-13/h11,14,16H,4-10H2,1-3H3. The maximum atomic E-state index is 11.8. The van der Waals surface area contributed by atoms with Crippen LogP contribution >= 0.6 is 0 Å². The molecule has 0 heterocycles. The summed E-state index contributed by atoms with van der Waals surface area (Å²) in [7, 11) is 1.83. The number of hydrogen-bond acceptors (Lipinski definition) is 3. The molecular formula is C13H26N2O2. The summed E-state index contributed by atoms with van der Waals surface area (Å²) in [6.45, 7) is 5.36. The first kappa shape index (κ1) is 14.5. The van der Waals surface area contributed by atoms with Crippen LogP contribution in [0.5, 0.6) is 0 Å². The molecule has 17 heavy (non-hydrogen) atoms. The average molecular weight is 242 g/mol.